The van der Waals surface area contributed by atoms with Crippen molar-refractivity contribution in [1.29, 1.82) is 5.26 Å². The Balaban J connectivity index is 1.97. The second-order valence-electron chi connectivity index (χ2n) is 6.71. The highest BCUT2D eigenvalue weighted by atomic mass is 35.5. The van der Waals surface area contributed by atoms with Gasteiger partial charge in [-0.15, -0.1) is 5.10 Å². The van der Waals surface area contributed by atoms with Crippen LogP contribution in [0, 0.1) is 11.3 Å². The van der Waals surface area contributed by atoms with E-state index in [-0.39, 0.29) is 11.5 Å². The highest BCUT2D eigenvalue weighted by molar-refractivity contribution is 6.30. The number of allylic oxidation sites excluding steroid dienone is 1. The topological polar surface area (TPSA) is 115 Å². The number of fused-ring (bicyclic) bond motifs is 1. The van der Waals surface area contributed by atoms with Crippen molar-refractivity contribution in [3.8, 4) is 40.5 Å². The quantitative estimate of drug-likeness (QED) is 0.619. The van der Waals surface area contributed by atoms with Gasteiger partial charge in [0.05, 0.1) is 38.5 Å². The lowest BCUT2D eigenvalue weighted by Gasteiger charge is -2.25. The van der Waals surface area contributed by atoms with Crippen LogP contribution in [0.2, 0.25) is 5.02 Å². The van der Waals surface area contributed by atoms with Crippen molar-refractivity contribution in [2.45, 2.75) is 5.92 Å². The number of aromatic nitrogens is 2. The molecule has 158 valence electrons. The maximum atomic E-state index is 9.90. The standard InChI is InChI=1S/C22H19ClN4O4/c1-28-15-8-12(9-16(29-2)20(15)30-3)17-14(10-24)21(25)31-22-18(17)19(26-27-22)11-4-6-13(23)7-5-11/h4-9,17H,25H2,1-3H3,(H,26,27)/t17-/m1/s1. The van der Waals surface area contributed by atoms with Gasteiger partial charge in [0.15, 0.2) is 11.5 Å². The number of methoxy groups -OCH3 is 3. The van der Waals surface area contributed by atoms with Crippen molar-refractivity contribution in [2.75, 3.05) is 21.3 Å². The third kappa shape index (κ3) is 3.39. The van der Waals surface area contributed by atoms with Gasteiger partial charge in [-0.2, -0.15) is 5.26 Å². The van der Waals surface area contributed by atoms with E-state index in [1.807, 2.05) is 12.1 Å². The lowest BCUT2D eigenvalue weighted by atomic mass is 9.82. The van der Waals surface area contributed by atoms with Crippen LogP contribution in [0.5, 0.6) is 23.1 Å². The molecule has 0 bridgehead atoms. The minimum absolute atomic E-state index is 0.0112. The number of rotatable bonds is 5. The molecule has 1 atom stereocenters. The second-order valence-corrected chi connectivity index (χ2v) is 7.14. The summed E-state index contributed by atoms with van der Waals surface area (Å²) >= 11 is 6.04. The predicted octanol–water partition coefficient (Wildman–Crippen LogP) is 3.97. The maximum Gasteiger partial charge on any atom is 0.244 e. The number of nitrogens with one attached hydrogen (secondary N) is 1. The molecule has 1 aliphatic heterocycles. The molecule has 0 spiro atoms. The highest BCUT2D eigenvalue weighted by Crippen LogP contribution is 2.49. The third-order valence-electron chi connectivity index (χ3n) is 5.09. The van der Waals surface area contributed by atoms with Gasteiger partial charge in [0.25, 0.3) is 0 Å². The van der Waals surface area contributed by atoms with Gasteiger partial charge in [-0.1, -0.05) is 23.7 Å². The minimum Gasteiger partial charge on any atom is -0.493 e. The van der Waals surface area contributed by atoms with Gasteiger partial charge in [-0.05, 0) is 29.8 Å². The molecule has 2 heterocycles. The molecular weight excluding hydrogens is 420 g/mol. The van der Waals surface area contributed by atoms with Crippen LogP contribution < -0.4 is 24.7 Å². The molecule has 3 N–H and O–H groups in total. The van der Waals surface area contributed by atoms with Crippen molar-refractivity contribution in [3.05, 3.63) is 64.0 Å². The summed E-state index contributed by atoms with van der Waals surface area (Å²) < 4.78 is 22.1. The fraction of sp³-hybridized carbons (Fsp3) is 0.182. The molecule has 0 radical (unpaired) electrons. The van der Waals surface area contributed by atoms with E-state index in [0.717, 1.165) is 5.56 Å². The van der Waals surface area contributed by atoms with Crippen molar-refractivity contribution >= 4 is 11.6 Å². The number of nitrogens with zero attached hydrogens (tertiary/aromatic N) is 2. The van der Waals surface area contributed by atoms with Gasteiger partial charge >= 0.3 is 0 Å². The fourth-order valence-corrected chi connectivity index (χ4v) is 3.81. The summed E-state index contributed by atoms with van der Waals surface area (Å²) in [7, 11) is 4.59. The smallest absolute Gasteiger partial charge is 0.244 e. The number of hydrogen-bond acceptors (Lipinski definition) is 7. The molecule has 0 saturated carbocycles. The summed E-state index contributed by atoms with van der Waals surface area (Å²) in [5.74, 6) is 1.06. The molecule has 4 rings (SSSR count). The van der Waals surface area contributed by atoms with Gasteiger partial charge in [-0.25, -0.2) is 0 Å². The predicted molar refractivity (Wildman–Crippen MR) is 114 cm³/mol. The molecule has 0 aliphatic carbocycles. The molecule has 0 fully saturated rings. The zero-order valence-electron chi connectivity index (χ0n) is 17.0. The number of nitrogens with two attached hydrogens (primary N) is 1. The number of hydrogen-bond donors (Lipinski definition) is 2. The summed E-state index contributed by atoms with van der Waals surface area (Å²) in [4.78, 5) is 0. The van der Waals surface area contributed by atoms with Crippen LogP contribution in [0.1, 0.15) is 17.0 Å². The van der Waals surface area contributed by atoms with Crippen molar-refractivity contribution in [1.82, 2.24) is 10.2 Å². The van der Waals surface area contributed by atoms with Gasteiger partial charge < -0.3 is 24.7 Å². The number of halogens is 1. The summed E-state index contributed by atoms with van der Waals surface area (Å²) in [6.45, 7) is 0. The monoisotopic (exact) mass is 438 g/mol. The van der Waals surface area contributed by atoms with Crippen LogP contribution in [-0.4, -0.2) is 31.5 Å². The molecule has 8 nitrogen and oxygen atoms in total. The summed E-state index contributed by atoms with van der Waals surface area (Å²) in [5, 5.41) is 17.8. The first kappa shape index (κ1) is 20.4. The van der Waals surface area contributed by atoms with Gasteiger partial charge in [0.2, 0.25) is 17.5 Å². The van der Waals surface area contributed by atoms with Gasteiger partial charge in [0, 0.05) is 10.6 Å². The van der Waals surface area contributed by atoms with Crippen LogP contribution in [0.15, 0.2) is 47.9 Å². The molecule has 2 aromatic carbocycles. The highest BCUT2D eigenvalue weighted by Gasteiger charge is 2.36. The Hall–Kier alpha value is -3.83. The number of ether oxygens (including phenoxy) is 4. The van der Waals surface area contributed by atoms with Crippen LogP contribution in [0.4, 0.5) is 0 Å². The van der Waals surface area contributed by atoms with E-state index in [4.69, 9.17) is 36.3 Å². The van der Waals surface area contributed by atoms with E-state index < -0.39 is 5.92 Å². The number of nitriles is 1. The maximum absolute atomic E-state index is 9.90. The van der Waals surface area contributed by atoms with Crippen LogP contribution in [0.3, 0.4) is 0 Å². The van der Waals surface area contributed by atoms with Crippen LogP contribution >= 0.6 is 11.6 Å². The number of benzene rings is 2. The average Bonchev–Trinajstić information content (AvgIpc) is 3.20. The summed E-state index contributed by atoms with van der Waals surface area (Å²) in [6, 6.07) is 13.0. The molecule has 31 heavy (non-hydrogen) atoms. The second kappa shape index (κ2) is 8.13. The lowest BCUT2D eigenvalue weighted by Crippen LogP contribution is -2.21. The van der Waals surface area contributed by atoms with E-state index in [0.29, 0.717) is 45.0 Å². The van der Waals surface area contributed by atoms with Crippen molar-refractivity contribution in [2.24, 2.45) is 5.73 Å². The molecule has 1 aromatic heterocycles. The lowest BCUT2D eigenvalue weighted by molar-refractivity contribution is 0.323. The zero-order chi connectivity index (χ0) is 22.1. The van der Waals surface area contributed by atoms with Crippen molar-refractivity contribution in [3.63, 3.8) is 0 Å². The Morgan fingerprint density at radius 3 is 2.29 bits per heavy atom. The third-order valence-corrected chi connectivity index (χ3v) is 5.34. The zero-order valence-corrected chi connectivity index (χ0v) is 17.8. The molecule has 0 saturated heterocycles. The Morgan fingerprint density at radius 1 is 1.10 bits per heavy atom. The molecular formula is C22H19ClN4O4. The van der Waals surface area contributed by atoms with Crippen LogP contribution in [0.25, 0.3) is 11.3 Å². The number of aromatic amines is 1. The first-order valence-corrected chi connectivity index (χ1v) is 9.61. The first-order valence-electron chi connectivity index (χ1n) is 9.24. The Labute approximate surface area is 183 Å². The van der Waals surface area contributed by atoms with Gasteiger partial charge in [0.1, 0.15) is 11.6 Å². The molecule has 3 aromatic rings. The van der Waals surface area contributed by atoms with Crippen molar-refractivity contribution < 1.29 is 18.9 Å². The Morgan fingerprint density at radius 2 is 1.74 bits per heavy atom. The van der Waals surface area contributed by atoms with E-state index in [1.165, 1.54) is 21.3 Å². The average molecular weight is 439 g/mol. The molecule has 1 aliphatic rings. The normalized spacial score (nSPS) is 15.0. The SMILES string of the molecule is COc1cc([C@@H]2C(C#N)=C(N)Oc3n[nH]c(-c4ccc(Cl)cc4)c32)cc(OC)c1OC. The fourth-order valence-electron chi connectivity index (χ4n) is 3.68. The number of H-pyrrole nitrogens is 1. The van der Waals surface area contributed by atoms with E-state index in [2.05, 4.69) is 16.3 Å². The Bertz CT molecular complexity index is 1190. The summed E-state index contributed by atoms with van der Waals surface area (Å²) in [6.07, 6.45) is 0. The van der Waals surface area contributed by atoms with E-state index in [1.54, 1.807) is 24.3 Å². The first-order chi connectivity index (χ1) is 15.0. The Kier molecular flexibility index (Phi) is 5.36. The van der Waals surface area contributed by atoms with Gasteiger partial charge in [-0.3, -0.25) is 5.10 Å². The molecule has 0 unspecified atom stereocenters. The largest absolute Gasteiger partial charge is 0.493 e. The molecule has 0 amide bonds. The van der Waals surface area contributed by atoms with E-state index in [9.17, 15) is 5.26 Å². The minimum atomic E-state index is -0.577. The van der Waals surface area contributed by atoms with E-state index >= 15 is 0 Å². The summed E-state index contributed by atoms with van der Waals surface area (Å²) in [5.41, 5.74) is 9.21. The van der Waals surface area contributed by atoms with Crippen LogP contribution in [-0.2, 0) is 0 Å². The molecule has 9 heteroatoms.